The molecule has 0 unspecified atom stereocenters. The van der Waals surface area contributed by atoms with Gasteiger partial charge >= 0.3 is 0 Å². The molecule has 1 amide bonds. The third-order valence-corrected chi connectivity index (χ3v) is 4.02. The van der Waals surface area contributed by atoms with E-state index in [1.165, 1.54) is 12.3 Å². The van der Waals surface area contributed by atoms with Crippen LogP contribution in [0.2, 0.25) is 0 Å². The van der Waals surface area contributed by atoms with Crippen molar-refractivity contribution < 1.29 is 4.79 Å². The van der Waals surface area contributed by atoms with E-state index >= 15 is 0 Å². The number of aromatic nitrogens is 1. The minimum absolute atomic E-state index is 0.0260. The highest BCUT2D eigenvalue weighted by molar-refractivity contribution is 5.93. The number of H-pyrrole nitrogens is 1. The first-order valence-corrected chi connectivity index (χ1v) is 8.00. The van der Waals surface area contributed by atoms with Crippen LogP contribution in [0, 0.1) is 5.92 Å². The maximum absolute atomic E-state index is 12.7. The van der Waals surface area contributed by atoms with Gasteiger partial charge in [-0.1, -0.05) is 44.2 Å². The number of amides is 1. The van der Waals surface area contributed by atoms with Crippen LogP contribution in [0.5, 0.6) is 0 Å². The molecule has 4 heteroatoms. The first kappa shape index (κ1) is 17.0. The monoisotopic (exact) mass is 312 g/mol. The number of carbonyl (C=O) groups is 1. The summed E-state index contributed by atoms with van der Waals surface area (Å²) >= 11 is 0. The second-order valence-electron chi connectivity index (χ2n) is 6.26. The molecule has 0 fully saturated rings. The van der Waals surface area contributed by atoms with Gasteiger partial charge in [0.2, 0.25) is 5.56 Å². The summed E-state index contributed by atoms with van der Waals surface area (Å²) in [6.45, 7) is 4.37. The van der Waals surface area contributed by atoms with E-state index in [4.69, 9.17) is 0 Å². The van der Waals surface area contributed by atoms with Crippen LogP contribution in [0.25, 0.3) is 0 Å². The number of rotatable bonds is 6. The van der Waals surface area contributed by atoms with Crippen molar-refractivity contribution in [3.8, 4) is 0 Å². The van der Waals surface area contributed by atoms with Crippen molar-refractivity contribution in [1.82, 2.24) is 9.88 Å². The second kappa shape index (κ2) is 7.77. The predicted octanol–water partition coefficient (Wildman–Crippen LogP) is 3.62. The fraction of sp³-hybridized carbons (Fsp3) is 0.368. The molecule has 1 heterocycles. The summed E-state index contributed by atoms with van der Waals surface area (Å²) in [6.07, 6.45) is 3.43. The molecule has 2 aromatic rings. The topological polar surface area (TPSA) is 53.2 Å². The fourth-order valence-electron chi connectivity index (χ4n) is 2.64. The lowest BCUT2D eigenvalue weighted by Gasteiger charge is -2.29. The van der Waals surface area contributed by atoms with Crippen LogP contribution in [0.15, 0.2) is 53.5 Å². The molecule has 0 saturated heterocycles. The van der Waals surface area contributed by atoms with Gasteiger partial charge in [-0.25, -0.2) is 0 Å². The molecule has 0 aliphatic carbocycles. The molecule has 1 aromatic heterocycles. The highest BCUT2D eigenvalue weighted by Gasteiger charge is 2.22. The van der Waals surface area contributed by atoms with Gasteiger partial charge < -0.3 is 9.88 Å². The molecule has 4 nitrogen and oxygen atoms in total. The third kappa shape index (κ3) is 4.55. The Kier molecular flexibility index (Phi) is 5.74. The Bertz CT molecular complexity index is 672. The molecule has 0 spiro atoms. The van der Waals surface area contributed by atoms with Crippen LogP contribution in [-0.4, -0.2) is 22.8 Å². The van der Waals surface area contributed by atoms with Gasteiger partial charge in [-0.15, -0.1) is 0 Å². The Labute approximate surface area is 137 Å². The number of aromatic amines is 1. The lowest BCUT2D eigenvalue weighted by Crippen LogP contribution is -2.32. The molecule has 0 aliphatic rings. The lowest BCUT2D eigenvalue weighted by atomic mass is 9.96. The van der Waals surface area contributed by atoms with Crippen LogP contribution in [-0.2, 0) is 0 Å². The quantitative estimate of drug-likeness (QED) is 0.885. The van der Waals surface area contributed by atoms with Gasteiger partial charge in [-0.3, -0.25) is 9.59 Å². The van der Waals surface area contributed by atoms with Gasteiger partial charge in [0, 0.05) is 19.3 Å². The third-order valence-electron chi connectivity index (χ3n) is 4.02. The number of benzene rings is 1. The Hall–Kier alpha value is -2.36. The lowest BCUT2D eigenvalue weighted by molar-refractivity contribution is 0.0717. The van der Waals surface area contributed by atoms with E-state index in [1.807, 2.05) is 25.2 Å². The standard InChI is InChI=1S/C19H24N2O2/c1-14(2)9-11-17(15-7-5-4-6-8-15)21(3)19(23)16-10-12-18(22)20-13-16/h4-8,10,12-14,17H,9,11H2,1-3H3,(H,20,22)/t17-/m1/s1. The molecule has 0 radical (unpaired) electrons. The van der Waals surface area contributed by atoms with E-state index in [9.17, 15) is 9.59 Å². The van der Waals surface area contributed by atoms with Gasteiger partial charge in [-0.05, 0) is 30.4 Å². The summed E-state index contributed by atoms with van der Waals surface area (Å²) in [4.78, 5) is 28.2. The van der Waals surface area contributed by atoms with E-state index in [2.05, 4.69) is 31.0 Å². The molecular formula is C19H24N2O2. The average Bonchev–Trinajstić information content (AvgIpc) is 2.55. The van der Waals surface area contributed by atoms with Gasteiger partial charge in [0.05, 0.1) is 11.6 Å². The van der Waals surface area contributed by atoms with Crippen molar-refractivity contribution in [3.05, 3.63) is 70.1 Å². The van der Waals surface area contributed by atoms with Crippen molar-refractivity contribution >= 4 is 5.91 Å². The number of nitrogens with one attached hydrogen (secondary N) is 1. The zero-order chi connectivity index (χ0) is 16.8. The van der Waals surface area contributed by atoms with Crippen molar-refractivity contribution in [2.75, 3.05) is 7.05 Å². The predicted molar refractivity (Wildman–Crippen MR) is 92.4 cm³/mol. The van der Waals surface area contributed by atoms with Crippen LogP contribution in [0.3, 0.4) is 0 Å². The largest absolute Gasteiger partial charge is 0.335 e. The van der Waals surface area contributed by atoms with Gasteiger partial charge in [0.1, 0.15) is 0 Å². The second-order valence-corrected chi connectivity index (χ2v) is 6.26. The summed E-state index contributed by atoms with van der Waals surface area (Å²) in [5.41, 5.74) is 1.43. The number of nitrogens with zero attached hydrogens (tertiary/aromatic N) is 1. The van der Waals surface area contributed by atoms with Crippen LogP contribution in [0.1, 0.15) is 48.7 Å². The average molecular weight is 312 g/mol. The Balaban J connectivity index is 2.24. The SMILES string of the molecule is CC(C)CC[C@H](c1ccccc1)N(C)C(=O)c1ccc(=O)[nH]c1. The number of pyridine rings is 1. The fourth-order valence-corrected chi connectivity index (χ4v) is 2.64. The van der Waals surface area contributed by atoms with Gasteiger partial charge in [0.25, 0.3) is 5.91 Å². The highest BCUT2D eigenvalue weighted by atomic mass is 16.2. The van der Waals surface area contributed by atoms with Crippen molar-refractivity contribution in [3.63, 3.8) is 0 Å². The molecule has 1 aromatic carbocycles. The number of hydrogen-bond acceptors (Lipinski definition) is 2. The number of hydrogen-bond donors (Lipinski definition) is 1. The van der Waals surface area contributed by atoms with Crippen molar-refractivity contribution in [2.24, 2.45) is 5.92 Å². The molecule has 122 valence electrons. The first-order chi connectivity index (χ1) is 11.0. The minimum Gasteiger partial charge on any atom is -0.335 e. The number of carbonyl (C=O) groups excluding carboxylic acids is 1. The highest BCUT2D eigenvalue weighted by Crippen LogP contribution is 2.27. The zero-order valence-electron chi connectivity index (χ0n) is 14.0. The Morgan fingerprint density at radius 1 is 1.09 bits per heavy atom. The van der Waals surface area contributed by atoms with Crippen LogP contribution >= 0.6 is 0 Å². The molecular weight excluding hydrogens is 288 g/mol. The molecule has 0 aliphatic heterocycles. The van der Waals surface area contributed by atoms with Gasteiger partial charge in [-0.2, -0.15) is 0 Å². The van der Waals surface area contributed by atoms with E-state index in [-0.39, 0.29) is 17.5 Å². The van der Waals surface area contributed by atoms with E-state index < -0.39 is 0 Å². The van der Waals surface area contributed by atoms with Crippen LogP contribution in [0.4, 0.5) is 0 Å². The zero-order valence-corrected chi connectivity index (χ0v) is 14.0. The maximum Gasteiger partial charge on any atom is 0.255 e. The van der Waals surface area contributed by atoms with E-state index in [0.29, 0.717) is 11.5 Å². The molecule has 1 N–H and O–H groups in total. The van der Waals surface area contributed by atoms with Gasteiger partial charge in [0.15, 0.2) is 0 Å². The summed E-state index contributed by atoms with van der Waals surface area (Å²) < 4.78 is 0. The molecule has 1 atom stereocenters. The summed E-state index contributed by atoms with van der Waals surface area (Å²) in [5, 5.41) is 0. The van der Waals surface area contributed by atoms with Crippen molar-refractivity contribution in [2.45, 2.75) is 32.7 Å². The van der Waals surface area contributed by atoms with E-state index in [1.54, 1.807) is 11.0 Å². The minimum atomic E-state index is -0.205. The van der Waals surface area contributed by atoms with Crippen LogP contribution < -0.4 is 5.56 Å². The smallest absolute Gasteiger partial charge is 0.255 e. The summed E-state index contributed by atoms with van der Waals surface area (Å²) in [5.74, 6) is 0.497. The van der Waals surface area contributed by atoms with E-state index in [0.717, 1.165) is 18.4 Å². The molecule has 0 bridgehead atoms. The Morgan fingerprint density at radius 2 is 1.78 bits per heavy atom. The summed E-state index contributed by atoms with van der Waals surface area (Å²) in [7, 11) is 1.82. The van der Waals surface area contributed by atoms with Crippen molar-refractivity contribution in [1.29, 1.82) is 0 Å². The molecule has 23 heavy (non-hydrogen) atoms. The maximum atomic E-state index is 12.7. The molecule has 2 rings (SSSR count). The normalized spacial score (nSPS) is 12.2. The first-order valence-electron chi connectivity index (χ1n) is 8.00. The molecule has 0 saturated carbocycles. The summed E-state index contributed by atoms with van der Waals surface area (Å²) in [6, 6.07) is 13.1. The Morgan fingerprint density at radius 3 is 2.35 bits per heavy atom.